The quantitative estimate of drug-likeness (QED) is 0.490. The van der Waals surface area contributed by atoms with Gasteiger partial charge in [0.05, 0.1) is 11.2 Å². The Balaban J connectivity index is 1.41. The molecule has 0 unspecified atom stereocenters. The molecule has 5 rings (SSSR count). The summed E-state index contributed by atoms with van der Waals surface area (Å²) in [5.74, 6) is 0.214. The Morgan fingerprint density at radius 3 is 2.76 bits per heavy atom. The van der Waals surface area contributed by atoms with Crippen molar-refractivity contribution in [2.45, 2.75) is 26.7 Å². The van der Waals surface area contributed by atoms with Crippen molar-refractivity contribution in [3.05, 3.63) is 76.9 Å². The summed E-state index contributed by atoms with van der Waals surface area (Å²) in [7, 11) is 0. The number of amides is 1. The molecule has 1 saturated heterocycles. The number of fused-ring (bicyclic) bond motifs is 1. The third-order valence-corrected chi connectivity index (χ3v) is 6.43. The Morgan fingerprint density at radius 2 is 1.97 bits per heavy atom. The van der Waals surface area contributed by atoms with E-state index >= 15 is 4.39 Å². The van der Waals surface area contributed by atoms with Crippen LogP contribution < -0.4 is 5.69 Å². The van der Waals surface area contributed by atoms with Gasteiger partial charge in [-0.1, -0.05) is 38.1 Å². The Kier molecular flexibility index (Phi) is 5.73. The normalized spacial score (nSPS) is 16.0. The van der Waals surface area contributed by atoms with Crippen LogP contribution in [0.5, 0.6) is 0 Å². The number of nitrogens with one attached hydrogen (secondary N) is 1. The fourth-order valence-electron chi connectivity index (χ4n) is 4.65. The van der Waals surface area contributed by atoms with E-state index in [1.807, 2.05) is 49.1 Å². The third-order valence-electron chi connectivity index (χ3n) is 6.43. The highest BCUT2D eigenvalue weighted by Crippen LogP contribution is 2.27. The van der Waals surface area contributed by atoms with E-state index in [1.165, 1.54) is 10.6 Å². The molecule has 1 amide bonds. The summed E-state index contributed by atoms with van der Waals surface area (Å²) in [6.45, 7) is 5.10. The fourth-order valence-corrected chi connectivity index (χ4v) is 4.65. The second kappa shape index (κ2) is 8.85. The molecule has 2 aromatic heterocycles. The van der Waals surface area contributed by atoms with Gasteiger partial charge in [-0.3, -0.25) is 9.78 Å². The molecular weight excluding hydrogens is 433 g/mol. The maximum absolute atomic E-state index is 15.3. The highest BCUT2D eigenvalue weighted by molar-refractivity contribution is 5.84. The van der Waals surface area contributed by atoms with E-state index in [-0.39, 0.29) is 23.4 Å². The minimum absolute atomic E-state index is 0.0479. The molecule has 1 aliphatic rings. The van der Waals surface area contributed by atoms with Crippen LogP contribution in [0.4, 0.5) is 4.39 Å². The number of likely N-dealkylation sites (tertiary alicyclic amines) is 1. The van der Waals surface area contributed by atoms with Crippen molar-refractivity contribution in [3.8, 4) is 16.8 Å². The second-order valence-corrected chi connectivity index (χ2v) is 9.16. The number of nitrogens with zero attached hydrogens (tertiary/aromatic N) is 4. The second-order valence-electron chi connectivity index (χ2n) is 9.16. The summed E-state index contributed by atoms with van der Waals surface area (Å²) in [5, 5.41) is 7.63. The zero-order valence-electron chi connectivity index (χ0n) is 19.2. The predicted molar refractivity (Wildman–Crippen MR) is 128 cm³/mol. The first-order valence-electron chi connectivity index (χ1n) is 11.5. The van der Waals surface area contributed by atoms with E-state index in [2.05, 4.69) is 15.2 Å². The first-order valence-corrected chi connectivity index (χ1v) is 11.5. The molecule has 1 N–H and O–H groups in total. The van der Waals surface area contributed by atoms with Crippen molar-refractivity contribution in [1.29, 1.82) is 0 Å². The van der Waals surface area contributed by atoms with Crippen LogP contribution in [-0.2, 0) is 11.2 Å². The maximum atomic E-state index is 15.3. The summed E-state index contributed by atoms with van der Waals surface area (Å²) >= 11 is 0. The molecule has 1 atom stereocenters. The smallest absolute Gasteiger partial charge is 0.342 e. The summed E-state index contributed by atoms with van der Waals surface area (Å²) in [6.07, 6.45) is 3.04. The average molecular weight is 460 g/mol. The van der Waals surface area contributed by atoms with Crippen molar-refractivity contribution in [2.24, 2.45) is 11.8 Å². The van der Waals surface area contributed by atoms with Crippen molar-refractivity contribution >= 4 is 16.8 Å². The molecular formula is C26H26FN5O2. The monoisotopic (exact) mass is 459 g/mol. The van der Waals surface area contributed by atoms with Gasteiger partial charge in [-0.25, -0.2) is 18.9 Å². The zero-order chi connectivity index (χ0) is 23.8. The molecule has 1 fully saturated rings. The molecule has 4 aromatic rings. The highest BCUT2D eigenvalue weighted by atomic mass is 19.1. The minimum atomic E-state index is -0.508. The van der Waals surface area contributed by atoms with Crippen molar-refractivity contribution in [1.82, 2.24) is 24.6 Å². The molecule has 0 bridgehead atoms. The Bertz CT molecular complexity index is 1420. The number of carbonyl (C=O) groups excluding carboxylic acids is 1. The van der Waals surface area contributed by atoms with E-state index in [9.17, 15) is 9.59 Å². The first kappa shape index (κ1) is 22.0. The summed E-state index contributed by atoms with van der Waals surface area (Å²) in [6, 6.07) is 14.5. The van der Waals surface area contributed by atoms with Crippen LogP contribution in [0.25, 0.3) is 27.7 Å². The van der Waals surface area contributed by atoms with Crippen LogP contribution in [-0.4, -0.2) is 43.6 Å². The summed E-state index contributed by atoms with van der Waals surface area (Å²) in [5.41, 5.74) is 2.05. The molecule has 7 nitrogen and oxygen atoms in total. The fraction of sp³-hybridized carbons (Fsp3) is 0.308. The van der Waals surface area contributed by atoms with E-state index in [0.29, 0.717) is 30.9 Å². The third kappa shape index (κ3) is 4.11. The van der Waals surface area contributed by atoms with Gasteiger partial charge in [-0.15, -0.1) is 0 Å². The van der Waals surface area contributed by atoms with Gasteiger partial charge in [0.15, 0.2) is 0 Å². The van der Waals surface area contributed by atoms with Gasteiger partial charge in [0, 0.05) is 37.0 Å². The number of carbonyl (C=O) groups is 1. The Morgan fingerprint density at radius 1 is 1.18 bits per heavy atom. The molecule has 2 aromatic carbocycles. The lowest BCUT2D eigenvalue weighted by atomic mass is 10.0. The number of benzene rings is 2. The minimum Gasteiger partial charge on any atom is -0.342 e. The first-order chi connectivity index (χ1) is 16.4. The lowest BCUT2D eigenvalue weighted by molar-refractivity contribution is -0.133. The van der Waals surface area contributed by atoms with Crippen LogP contribution in [0, 0.1) is 17.7 Å². The van der Waals surface area contributed by atoms with Gasteiger partial charge in [0.2, 0.25) is 5.91 Å². The number of halogens is 1. The van der Waals surface area contributed by atoms with Gasteiger partial charge >= 0.3 is 5.69 Å². The molecule has 1 aliphatic heterocycles. The number of hydrogen-bond acceptors (Lipinski definition) is 4. The largest absolute Gasteiger partial charge is 0.348 e. The van der Waals surface area contributed by atoms with Crippen LogP contribution >= 0.6 is 0 Å². The van der Waals surface area contributed by atoms with Gasteiger partial charge < -0.3 is 4.90 Å². The number of H-pyrrole nitrogens is 1. The molecule has 34 heavy (non-hydrogen) atoms. The van der Waals surface area contributed by atoms with Crippen LogP contribution in [0.2, 0.25) is 0 Å². The van der Waals surface area contributed by atoms with Gasteiger partial charge in [0.25, 0.3) is 0 Å². The zero-order valence-corrected chi connectivity index (χ0v) is 19.2. The number of hydrogen-bond donors (Lipinski definition) is 1. The molecule has 0 saturated carbocycles. The van der Waals surface area contributed by atoms with Gasteiger partial charge in [-0.05, 0) is 47.7 Å². The predicted octanol–water partition coefficient (Wildman–Crippen LogP) is 3.96. The van der Waals surface area contributed by atoms with E-state index in [0.717, 1.165) is 22.9 Å². The standard InChI is InChI=1S/C26H26FN5O2/c1-16(2)25(33)31-11-9-17(15-31)12-24-29-30-26(34)32(24)23-8-7-19(13-21(23)27)20-6-5-18-4-3-10-28-22(18)14-20/h3-8,10,13-14,16-17H,9,11-12,15H2,1-2H3,(H,30,34)/t17-/m0/s1. The van der Waals surface area contributed by atoms with Crippen LogP contribution in [0.3, 0.4) is 0 Å². The molecule has 0 spiro atoms. The Hall–Kier alpha value is -3.81. The molecule has 3 heterocycles. The molecule has 8 heteroatoms. The summed E-state index contributed by atoms with van der Waals surface area (Å²) in [4.78, 5) is 31.1. The van der Waals surface area contributed by atoms with Crippen molar-refractivity contribution < 1.29 is 9.18 Å². The molecule has 0 aliphatic carbocycles. The SMILES string of the molecule is CC(C)C(=O)N1CC[C@@H](Cc2n[nH]c(=O)n2-c2ccc(-c3ccc4cccnc4c3)cc2F)C1. The molecule has 174 valence electrons. The average Bonchev–Trinajstić information content (AvgIpc) is 3.45. The van der Waals surface area contributed by atoms with Gasteiger partial charge in [0.1, 0.15) is 11.6 Å². The van der Waals surface area contributed by atoms with Crippen molar-refractivity contribution in [3.63, 3.8) is 0 Å². The van der Waals surface area contributed by atoms with E-state index < -0.39 is 11.5 Å². The lowest BCUT2D eigenvalue weighted by Crippen LogP contribution is -2.32. The lowest BCUT2D eigenvalue weighted by Gasteiger charge is -2.18. The van der Waals surface area contributed by atoms with E-state index in [4.69, 9.17) is 0 Å². The van der Waals surface area contributed by atoms with Crippen LogP contribution in [0.1, 0.15) is 26.1 Å². The number of pyridine rings is 1. The van der Waals surface area contributed by atoms with Gasteiger partial charge in [-0.2, -0.15) is 5.10 Å². The Labute approximate surface area is 196 Å². The van der Waals surface area contributed by atoms with E-state index in [1.54, 1.807) is 18.3 Å². The number of aromatic amines is 1. The summed E-state index contributed by atoms with van der Waals surface area (Å²) < 4.78 is 16.6. The van der Waals surface area contributed by atoms with Crippen molar-refractivity contribution in [2.75, 3.05) is 13.1 Å². The number of aromatic nitrogens is 4. The maximum Gasteiger partial charge on any atom is 0.348 e. The van der Waals surface area contributed by atoms with Crippen LogP contribution in [0.15, 0.2) is 59.5 Å². The molecule has 0 radical (unpaired) electrons. The number of rotatable bonds is 5. The topological polar surface area (TPSA) is 83.9 Å². The highest BCUT2D eigenvalue weighted by Gasteiger charge is 2.29.